The molecule has 6 nitrogen and oxygen atoms in total. The number of likely N-dealkylation sites (tertiary alicyclic amines) is 1. The molecule has 3 rings (SSSR count). The number of benzene rings is 1. The molecule has 0 saturated carbocycles. The number of hydrogen-bond donors (Lipinski definition) is 3. The summed E-state index contributed by atoms with van der Waals surface area (Å²) in [5.41, 5.74) is 1.18. The fraction of sp³-hybridized carbons (Fsp3) is 0.462. The van der Waals surface area contributed by atoms with Crippen LogP contribution in [0.25, 0.3) is 0 Å². The summed E-state index contributed by atoms with van der Waals surface area (Å²) in [4.78, 5) is 15.8. The monoisotopic (exact) mass is 500 g/mol. The van der Waals surface area contributed by atoms with Crippen LogP contribution in [-0.4, -0.2) is 42.2 Å². The highest BCUT2D eigenvalue weighted by Crippen LogP contribution is 2.24. The number of hydrogen-bond acceptors (Lipinski definition) is 5. The summed E-state index contributed by atoms with van der Waals surface area (Å²) in [6, 6.07) is 12.3. The van der Waals surface area contributed by atoms with Crippen LogP contribution in [0.3, 0.4) is 0 Å². The average molecular weight is 501 g/mol. The molecule has 1 aliphatic heterocycles. The lowest BCUT2D eigenvalue weighted by molar-refractivity contribution is -0.120. The zero-order valence-corrected chi connectivity index (χ0v) is 21.4. The lowest BCUT2D eigenvalue weighted by atomic mass is 10.1. The van der Waals surface area contributed by atoms with Gasteiger partial charge in [0.25, 0.3) is 0 Å². The Hall–Kier alpha value is -2.42. The van der Waals surface area contributed by atoms with Crippen LogP contribution in [0, 0.1) is 0 Å². The van der Waals surface area contributed by atoms with E-state index in [1.807, 2.05) is 24.3 Å². The molecule has 2 aromatic rings. The third-order valence-corrected chi connectivity index (χ3v) is 6.72. The van der Waals surface area contributed by atoms with Gasteiger partial charge in [0, 0.05) is 42.7 Å². The van der Waals surface area contributed by atoms with Crippen molar-refractivity contribution < 1.29 is 9.53 Å². The van der Waals surface area contributed by atoms with Gasteiger partial charge in [0.2, 0.25) is 5.91 Å². The number of thiocarbonyl (C=S) groups is 1. The van der Waals surface area contributed by atoms with Gasteiger partial charge in [0.1, 0.15) is 5.75 Å². The predicted octanol–water partition coefficient (Wildman–Crippen LogP) is 4.58. The third-order valence-electron chi connectivity index (χ3n) is 5.54. The highest BCUT2D eigenvalue weighted by atomic mass is 32.1. The van der Waals surface area contributed by atoms with E-state index in [2.05, 4.69) is 44.4 Å². The van der Waals surface area contributed by atoms with E-state index in [-0.39, 0.29) is 5.91 Å². The molecule has 0 aliphatic carbocycles. The van der Waals surface area contributed by atoms with Crippen LogP contribution in [-0.2, 0) is 17.9 Å². The Bertz CT molecular complexity index is 895. The maximum absolute atomic E-state index is 11.9. The van der Waals surface area contributed by atoms with Crippen LogP contribution >= 0.6 is 23.6 Å². The summed E-state index contributed by atoms with van der Waals surface area (Å²) in [7, 11) is 0. The molecular formula is C26H36N4O2S2. The van der Waals surface area contributed by atoms with Crippen LogP contribution in [0.5, 0.6) is 5.75 Å². The van der Waals surface area contributed by atoms with E-state index < -0.39 is 0 Å². The molecular weight excluding hydrogens is 464 g/mol. The van der Waals surface area contributed by atoms with E-state index in [0.29, 0.717) is 37.7 Å². The molecule has 0 unspecified atom stereocenters. The van der Waals surface area contributed by atoms with Gasteiger partial charge >= 0.3 is 0 Å². The van der Waals surface area contributed by atoms with Crippen LogP contribution in [0.4, 0.5) is 0 Å². The minimum atomic E-state index is 0.00215. The Morgan fingerprint density at radius 3 is 2.79 bits per heavy atom. The van der Waals surface area contributed by atoms with Gasteiger partial charge in [-0.25, -0.2) is 0 Å². The second-order valence-electron chi connectivity index (χ2n) is 8.39. The van der Waals surface area contributed by atoms with Gasteiger partial charge in [0.05, 0.1) is 6.61 Å². The first-order valence-electron chi connectivity index (χ1n) is 12.1. The molecule has 2 heterocycles. The minimum absolute atomic E-state index is 0.00215. The predicted molar refractivity (Wildman–Crippen MR) is 144 cm³/mol. The quantitative estimate of drug-likeness (QED) is 0.276. The second kappa shape index (κ2) is 15.5. The van der Waals surface area contributed by atoms with Crippen molar-refractivity contribution in [3.8, 4) is 5.75 Å². The second-order valence-corrected chi connectivity index (χ2v) is 9.80. The van der Waals surface area contributed by atoms with Crippen LogP contribution in [0.1, 0.15) is 49.0 Å². The summed E-state index contributed by atoms with van der Waals surface area (Å²) in [6.45, 7) is 5.40. The summed E-state index contributed by atoms with van der Waals surface area (Å²) in [6.07, 6.45) is 9.55. The maximum atomic E-state index is 11.9. The summed E-state index contributed by atoms with van der Waals surface area (Å²) >= 11 is 7.04. The first-order chi connectivity index (χ1) is 16.7. The smallest absolute Gasteiger partial charge is 0.223 e. The topological polar surface area (TPSA) is 65.6 Å². The lowest BCUT2D eigenvalue weighted by Gasteiger charge is -2.25. The normalized spacial score (nSPS) is 14.1. The first-order valence-corrected chi connectivity index (χ1v) is 13.4. The molecule has 0 spiro atoms. The molecule has 1 saturated heterocycles. The van der Waals surface area contributed by atoms with Crippen molar-refractivity contribution in [1.29, 1.82) is 0 Å². The Morgan fingerprint density at radius 2 is 1.97 bits per heavy atom. The van der Waals surface area contributed by atoms with E-state index in [0.717, 1.165) is 18.7 Å². The molecule has 184 valence electrons. The highest BCUT2D eigenvalue weighted by molar-refractivity contribution is 7.80. The summed E-state index contributed by atoms with van der Waals surface area (Å²) in [5.74, 6) is 0.945. The molecule has 34 heavy (non-hydrogen) atoms. The molecule has 0 bridgehead atoms. The number of carbonyl (C=O) groups is 1. The van der Waals surface area contributed by atoms with Gasteiger partial charge in [-0.3, -0.25) is 9.69 Å². The minimum Gasteiger partial charge on any atom is -0.492 e. The number of carbonyl (C=O) groups excluding carboxylic acids is 1. The highest BCUT2D eigenvalue weighted by Gasteiger charge is 2.11. The summed E-state index contributed by atoms with van der Waals surface area (Å²) < 4.78 is 5.83. The zero-order valence-electron chi connectivity index (χ0n) is 19.8. The van der Waals surface area contributed by atoms with Gasteiger partial charge in [-0.05, 0) is 62.4 Å². The molecule has 0 radical (unpaired) electrons. The first kappa shape index (κ1) is 26.2. The molecule has 1 aliphatic rings. The SMILES string of the molecule is O=C(CCCNC(=S)NCc1ccccc1)N/C=C\CCOc1csc(CN2CCCCC2)c1. The van der Waals surface area contributed by atoms with Gasteiger partial charge < -0.3 is 20.7 Å². The number of amides is 1. The lowest BCUT2D eigenvalue weighted by Crippen LogP contribution is -2.35. The number of rotatable bonds is 13. The molecule has 0 atom stereocenters. The maximum Gasteiger partial charge on any atom is 0.223 e. The van der Waals surface area contributed by atoms with Gasteiger partial charge in [-0.1, -0.05) is 42.8 Å². The van der Waals surface area contributed by atoms with Crippen LogP contribution in [0.15, 0.2) is 54.1 Å². The van der Waals surface area contributed by atoms with Gasteiger partial charge in [0.15, 0.2) is 5.11 Å². The van der Waals surface area contributed by atoms with Crippen molar-refractivity contribution in [1.82, 2.24) is 20.9 Å². The Morgan fingerprint density at radius 1 is 1.15 bits per heavy atom. The van der Waals surface area contributed by atoms with E-state index in [4.69, 9.17) is 17.0 Å². The number of ether oxygens (including phenoxy) is 1. The fourth-order valence-electron chi connectivity index (χ4n) is 3.70. The standard InChI is InChI=1S/C26H36N4O2S2/c31-25(12-9-14-28-26(33)29-19-22-10-3-1-4-11-22)27-13-5-8-17-32-23-18-24(34-21-23)20-30-15-6-2-7-16-30/h1,3-5,10-11,13,18,21H,2,6-9,12,14-17,19-20H2,(H,27,31)(H2,28,29,33)/b13-5-. The molecule has 1 fully saturated rings. The van der Waals surface area contributed by atoms with Crippen molar-refractivity contribution in [3.05, 3.63) is 64.5 Å². The average Bonchev–Trinajstić information content (AvgIpc) is 3.31. The van der Waals surface area contributed by atoms with Crippen molar-refractivity contribution in [2.75, 3.05) is 26.2 Å². The molecule has 1 aromatic heterocycles. The number of nitrogens with one attached hydrogen (secondary N) is 3. The van der Waals surface area contributed by atoms with Crippen molar-refractivity contribution in [3.63, 3.8) is 0 Å². The number of thiophene rings is 1. The summed E-state index contributed by atoms with van der Waals surface area (Å²) in [5, 5.41) is 11.8. The van der Waals surface area contributed by atoms with Crippen molar-refractivity contribution in [2.24, 2.45) is 0 Å². The van der Waals surface area contributed by atoms with Gasteiger partial charge in [-0.2, -0.15) is 0 Å². The largest absolute Gasteiger partial charge is 0.492 e. The van der Waals surface area contributed by atoms with Gasteiger partial charge in [-0.15, -0.1) is 11.3 Å². The molecule has 1 amide bonds. The molecule has 1 aromatic carbocycles. The number of nitrogens with zero attached hydrogens (tertiary/aromatic N) is 1. The third kappa shape index (κ3) is 10.7. The van der Waals surface area contributed by atoms with E-state index >= 15 is 0 Å². The molecule has 8 heteroatoms. The number of piperidine rings is 1. The zero-order chi connectivity index (χ0) is 23.8. The van der Waals surface area contributed by atoms with Crippen molar-refractivity contribution in [2.45, 2.75) is 51.6 Å². The molecule has 3 N–H and O–H groups in total. The van der Waals surface area contributed by atoms with E-state index in [1.165, 1.54) is 42.8 Å². The Labute approximate surface area is 212 Å². The Balaban J connectivity index is 1.17. The Kier molecular flexibility index (Phi) is 11.9. The van der Waals surface area contributed by atoms with E-state index in [9.17, 15) is 4.79 Å². The van der Waals surface area contributed by atoms with Crippen molar-refractivity contribution >= 4 is 34.6 Å². The van der Waals surface area contributed by atoms with Crippen LogP contribution in [0.2, 0.25) is 0 Å². The van der Waals surface area contributed by atoms with Crippen LogP contribution < -0.4 is 20.7 Å². The fourth-order valence-corrected chi connectivity index (χ4v) is 4.72. The van der Waals surface area contributed by atoms with E-state index in [1.54, 1.807) is 17.5 Å².